The van der Waals surface area contributed by atoms with Crippen molar-refractivity contribution in [1.29, 1.82) is 0 Å². The Morgan fingerprint density at radius 2 is 2.19 bits per heavy atom. The van der Waals surface area contributed by atoms with Gasteiger partial charge in [-0.3, -0.25) is 0 Å². The lowest BCUT2D eigenvalue weighted by molar-refractivity contribution is -0.0946. The van der Waals surface area contributed by atoms with Gasteiger partial charge in [0, 0.05) is 17.7 Å². The van der Waals surface area contributed by atoms with Gasteiger partial charge in [0.2, 0.25) is 0 Å². The molecule has 0 radical (unpaired) electrons. The number of hydrogen-bond donors (Lipinski definition) is 0. The molecular weight excluding hydrogens is 258 g/mol. The zero-order valence-corrected chi connectivity index (χ0v) is 10.0. The lowest BCUT2D eigenvalue weighted by Crippen LogP contribution is -2.24. The molecule has 1 saturated heterocycles. The third-order valence-electron chi connectivity index (χ3n) is 2.19. The standard InChI is InChI=1S/C7H10ClN3O4S/c1-11-6(5-4-14-2-3-15-5)9-10-7(11)16(8,12)13/h5H,2-4H2,1H3. The highest BCUT2D eigenvalue weighted by Gasteiger charge is 2.27. The van der Waals surface area contributed by atoms with Crippen molar-refractivity contribution in [1.82, 2.24) is 14.8 Å². The number of ether oxygens (including phenoxy) is 2. The van der Waals surface area contributed by atoms with Gasteiger partial charge in [-0.2, -0.15) is 0 Å². The quantitative estimate of drug-likeness (QED) is 0.692. The molecule has 90 valence electrons. The molecule has 2 heterocycles. The molecule has 0 aliphatic carbocycles. The highest BCUT2D eigenvalue weighted by Crippen LogP contribution is 2.21. The fourth-order valence-electron chi connectivity index (χ4n) is 1.46. The summed E-state index contributed by atoms with van der Waals surface area (Å²) in [5.74, 6) is 0.388. The third kappa shape index (κ3) is 2.19. The molecule has 1 atom stereocenters. The number of halogens is 1. The van der Waals surface area contributed by atoms with Gasteiger partial charge >= 0.3 is 0 Å². The van der Waals surface area contributed by atoms with Crippen LogP contribution in [0, 0.1) is 0 Å². The summed E-state index contributed by atoms with van der Waals surface area (Å²) in [6.07, 6.45) is -0.404. The Hall–Kier alpha value is -0.700. The molecule has 0 aromatic carbocycles. The van der Waals surface area contributed by atoms with Crippen LogP contribution in [0.5, 0.6) is 0 Å². The molecule has 0 amide bonds. The van der Waals surface area contributed by atoms with Crippen molar-refractivity contribution in [3.63, 3.8) is 0 Å². The minimum Gasteiger partial charge on any atom is -0.376 e. The topological polar surface area (TPSA) is 83.3 Å². The van der Waals surface area contributed by atoms with Crippen LogP contribution in [0.25, 0.3) is 0 Å². The minimum absolute atomic E-state index is 0.293. The predicted octanol–water partition coefficient (Wildman–Crippen LogP) is -0.169. The molecule has 1 aliphatic rings. The van der Waals surface area contributed by atoms with Crippen molar-refractivity contribution < 1.29 is 17.9 Å². The van der Waals surface area contributed by atoms with Gasteiger partial charge in [-0.15, -0.1) is 10.2 Å². The molecule has 1 unspecified atom stereocenters. The second-order valence-electron chi connectivity index (χ2n) is 3.27. The Labute approximate surface area is 96.7 Å². The number of rotatable bonds is 2. The third-order valence-corrected chi connectivity index (χ3v) is 3.40. The first-order valence-corrected chi connectivity index (χ1v) is 6.84. The van der Waals surface area contributed by atoms with E-state index in [4.69, 9.17) is 20.2 Å². The summed E-state index contributed by atoms with van der Waals surface area (Å²) < 4.78 is 34.1. The number of nitrogens with zero attached hydrogens (tertiary/aromatic N) is 3. The summed E-state index contributed by atoms with van der Waals surface area (Å²) in [4.78, 5) is 0. The lowest BCUT2D eigenvalue weighted by atomic mass is 10.3. The molecule has 0 N–H and O–H groups in total. The molecule has 1 fully saturated rings. The zero-order chi connectivity index (χ0) is 11.8. The van der Waals surface area contributed by atoms with Crippen LogP contribution in [-0.4, -0.2) is 43.0 Å². The molecule has 0 saturated carbocycles. The van der Waals surface area contributed by atoms with Gasteiger partial charge in [0.1, 0.15) is 6.10 Å². The summed E-state index contributed by atoms with van der Waals surface area (Å²) in [5, 5.41) is 6.98. The second-order valence-corrected chi connectivity index (χ2v) is 5.73. The van der Waals surface area contributed by atoms with Crippen molar-refractivity contribution in [3.05, 3.63) is 5.82 Å². The Kier molecular flexibility index (Phi) is 3.15. The van der Waals surface area contributed by atoms with Crippen molar-refractivity contribution in [2.24, 2.45) is 7.05 Å². The molecule has 0 bridgehead atoms. The SMILES string of the molecule is Cn1c(C2COCCO2)nnc1S(=O)(=O)Cl. The van der Waals surface area contributed by atoms with Gasteiger partial charge in [-0.1, -0.05) is 0 Å². The normalized spacial score (nSPS) is 22.2. The highest BCUT2D eigenvalue weighted by atomic mass is 35.7. The van der Waals surface area contributed by atoms with Gasteiger partial charge < -0.3 is 14.0 Å². The van der Waals surface area contributed by atoms with Crippen LogP contribution >= 0.6 is 10.7 Å². The Balaban J connectivity index is 2.33. The number of aromatic nitrogens is 3. The van der Waals surface area contributed by atoms with Crippen LogP contribution in [0.3, 0.4) is 0 Å². The molecule has 9 heteroatoms. The maximum atomic E-state index is 11.1. The fraction of sp³-hybridized carbons (Fsp3) is 0.714. The van der Waals surface area contributed by atoms with Crippen LogP contribution in [0.15, 0.2) is 5.16 Å². The first-order chi connectivity index (χ1) is 7.50. The van der Waals surface area contributed by atoms with Gasteiger partial charge in [-0.05, 0) is 0 Å². The zero-order valence-electron chi connectivity index (χ0n) is 8.46. The maximum absolute atomic E-state index is 11.1. The molecular formula is C7H10ClN3O4S. The first-order valence-electron chi connectivity index (χ1n) is 4.53. The van der Waals surface area contributed by atoms with Crippen molar-refractivity contribution in [3.8, 4) is 0 Å². The van der Waals surface area contributed by atoms with E-state index >= 15 is 0 Å². The van der Waals surface area contributed by atoms with E-state index in [1.54, 1.807) is 0 Å². The molecule has 1 aromatic heterocycles. The van der Waals surface area contributed by atoms with E-state index in [0.29, 0.717) is 25.6 Å². The first kappa shape index (κ1) is 11.8. The largest absolute Gasteiger partial charge is 0.376 e. The Bertz CT molecular complexity index is 480. The van der Waals surface area contributed by atoms with Crippen LogP contribution < -0.4 is 0 Å². The Morgan fingerprint density at radius 3 is 2.69 bits per heavy atom. The van der Waals surface area contributed by atoms with Crippen molar-refractivity contribution in [2.45, 2.75) is 11.3 Å². The smallest absolute Gasteiger partial charge is 0.296 e. The van der Waals surface area contributed by atoms with E-state index < -0.39 is 15.2 Å². The number of hydrogen-bond acceptors (Lipinski definition) is 6. The predicted molar refractivity (Wildman–Crippen MR) is 53.6 cm³/mol. The summed E-state index contributed by atoms with van der Waals surface area (Å²) in [6.45, 7) is 1.30. The van der Waals surface area contributed by atoms with Gasteiger partial charge in [0.25, 0.3) is 14.2 Å². The lowest BCUT2D eigenvalue weighted by Gasteiger charge is -2.21. The van der Waals surface area contributed by atoms with E-state index in [9.17, 15) is 8.42 Å². The average Bonchev–Trinajstić information content (AvgIpc) is 2.61. The monoisotopic (exact) mass is 267 g/mol. The average molecular weight is 268 g/mol. The summed E-state index contributed by atoms with van der Waals surface area (Å²) in [5.41, 5.74) is 0. The van der Waals surface area contributed by atoms with E-state index in [-0.39, 0.29) is 5.16 Å². The molecule has 7 nitrogen and oxygen atoms in total. The Morgan fingerprint density at radius 1 is 1.44 bits per heavy atom. The van der Waals surface area contributed by atoms with E-state index in [1.807, 2.05) is 0 Å². The molecule has 0 spiro atoms. The van der Waals surface area contributed by atoms with E-state index in [0.717, 1.165) is 0 Å². The molecule has 1 aromatic rings. The van der Waals surface area contributed by atoms with Gasteiger partial charge in [0.05, 0.1) is 19.8 Å². The summed E-state index contributed by atoms with van der Waals surface area (Å²) >= 11 is 0. The van der Waals surface area contributed by atoms with Crippen molar-refractivity contribution in [2.75, 3.05) is 19.8 Å². The van der Waals surface area contributed by atoms with Gasteiger partial charge in [-0.25, -0.2) is 8.42 Å². The van der Waals surface area contributed by atoms with E-state index in [2.05, 4.69) is 10.2 Å². The van der Waals surface area contributed by atoms with Crippen LogP contribution in [-0.2, 0) is 25.6 Å². The second kappa shape index (κ2) is 4.28. The summed E-state index contributed by atoms with van der Waals surface area (Å²) in [6, 6.07) is 0. The van der Waals surface area contributed by atoms with Crippen LogP contribution in [0.1, 0.15) is 11.9 Å². The van der Waals surface area contributed by atoms with Crippen LogP contribution in [0.4, 0.5) is 0 Å². The molecule has 2 rings (SSSR count). The van der Waals surface area contributed by atoms with Crippen molar-refractivity contribution >= 4 is 19.7 Å². The minimum atomic E-state index is -3.89. The fourth-order valence-corrected chi connectivity index (χ4v) is 2.42. The van der Waals surface area contributed by atoms with E-state index in [1.165, 1.54) is 11.6 Å². The maximum Gasteiger partial charge on any atom is 0.296 e. The molecule has 16 heavy (non-hydrogen) atoms. The van der Waals surface area contributed by atoms with Gasteiger partial charge in [0.15, 0.2) is 5.82 Å². The highest BCUT2D eigenvalue weighted by molar-refractivity contribution is 8.13. The summed E-state index contributed by atoms with van der Waals surface area (Å²) in [7, 11) is 2.82. The van der Waals surface area contributed by atoms with Crippen LogP contribution in [0.2, 0.25) is 0 Å². The molecule has 1 aliphatic heterocycles.